The molecule has 25 heavy (non-hydrogen) atoms. The number of carbonyl (C=O) groups is 1. The first-order valence-corrected chi connectivity index (χ1v) is 8.51. The molecule has 0 saturated heterocycles. The van der Waals surface area contributed by atoms with Gasteiger partial charge >= 0.3 is 5.97 Å². The van der Waals surface area contributed by atoms with Crippen LogP contribution in [0.3, 0.4) is 0 Å². The van der Waals surface area contributed by atoms with Crippen molar-refractivity contribution in [3.63, 3.8) is 0 Å². The minimum atomic E-state index is -0.439. The summed E-state index contributed by atoms with van der Waals surface area (Å²) in [5.41, 5.74) is 1.27. The summed E-state index contributed by atoms with van der Waals surface area (Å²) in [7, 11) is 0. The molecule has 2 aromatic carbocycles. The van der Waals surface area contributed by atoms with Gasteiger partial charge in [0.15, 0.2) is 11.5 Å². The van der Waals surface area contributed by atoms with Crippen molar-refractivity contribution in [3.8, 4) is 17.2 Å². The summed E-state index contributed by atoms with van der Waals surface area (Å²) in [6, 6.07) is 8.50. The molecule has 0 N–H and O–H groups in total. The van der Waals surface area contributed by atoms with Crippen LogP contribution < -0.4 is 14.2 Å². The van der Waals surface area contributed by atoms with Crippen LogP contribution in [0.15, 0.2) is 30.3 Å². The Morgan fingerprint density at radius 1 is 1.20 bits per heavy atom. The molecule has 0 atom stereocenters. The van der Waals surface area contributed by atoms with Crippen LogP contribution >= 0.6 is 23.2 Å². The molecule has 0 fully saturated rings. The van der Waals surface area contributed by atoms with E-state index >= 15 is 0 Å². The third-order valence-corrected chi connectivity index (χ3v) is 4.18. The van der Waals surface area contributed by atoms with E-state index in [2.05, 4.69) is 0 Å². The standard InChI is InChI=1S/C18H16Cl2O5/c1-2-22-18(21)12-7-15(17-16(8-12)24-10-25-17)23-6-5-11-3-4-13(19)9-14(11)20/h3-4,7-9H,2,5-6,10H2,1H3. The third kappa shape index (κ3) is 4.11. The van der Waals surface area contributed by atoms with Gasteiger partial charge in [0.25, 0.3) is 0 Å². The number of benzene rings is 2. The molecule has 0 aliphatic carbocycles. The van der Waals surface area contributed by atoms with Crippen molar-refractivity contribution in [1.82, 2.24) is 0 Å². The van der Waals surface area contributed by atoms with E-state index in [9.17, 15) is 4.79 Å². The zero-order valence-corrected chi connectivity index (χ0v) is 15.0. The summed E-state index contributed by atoms with van der Waals surface area (Å²) in [6.45, 7) is 2.47. The fraction of sp³-hybridized carbons (Fsp3) is 0.278. The SMILES string of the molecule is CCOC(=O)c1cc(OCCc2ccc(Cl)cc2Cl)c2c(c1)OCO2. The highest BCUT2D eigenvalue weighted by molar-refractivity contribution is 6.35. The van der Waals surface area contributed by atoms with E-state index < -0.39 is 5.97 Å². The van der Waals surface area contributed by atoms with Crippen LogP contribution in [-0.4, -0.2) is 26.0 Å². The second-order valence-electron chi connectivity index (χ2n) is 5.26. The van der Waals surface area contributed by atoms with Crippen LogP contribution in [0.25, 0.3) is 0 Å². The summed E-state index contributed by atoms with van der Waals surface area (Å²) >= 11 is 12.1. The van der Waals surface area contributed by atoms with Crippen LogP contribution in [0.1, 0.15) is 22.8 Å². The van der Waals surface area contributed by atoms with Crippen molar-refractivity contribution in [1.29, 1.82) is 0 Å². The molecule has 0 bridgehead atoms. The van der Waals surface area contributed by atoms with Gasteiger partial charge in [0.1, 0.15) is 0 Å². The minimum absolute atomic E-state index is 0.0843. The predicted octanol–water partition coefficient (Wildman–Crippen LogP) is 4.52. The molecule has 0 unspecified atom stereocenters. The molecule has 1 aliphatic heterocycles. The summed E-state index contributed by atoms with van der Waals surface area (Å²) in [4.78, 5) is 12.0. The Balaban J connectivity index is 1.74. The minimum Gasteiger partial charge on any atom is -0.489 e. The first kappa shape index (κ1) is 17.7. The smallest absolute Gasteiger partial charge is 0.338 e. The topological polar surface area (TPSA) is 54.0 Å². The van der Waals surface area contributed by atoms with Crippen molar-refractivity contribution in [3.05, 3.63) is 51.5 Å². The highest BCUT2D eigenvalue weighted by atomic mass is 35.5. The molecular formula is C18H16Cl2O5. The number of halogens is 2. The van der Waals surface area contributed by atoms with Gasteiger partial charge in [0.2, 0.25) is 12.5 Å². The maximum absolute atomic E-state index is 12.0. The lowest BCUT2D eigenvalue weighted by molar-refractivity contribution is 0.0525. The zero-order valence-electron chi connectivity index (χ0n) is 13.5. The Hall–Kier alpha value is -2.11. The largest absolute Gasteiger partial charge is 0.489 e. The van der Waals surface area contributed by atoms with Crippen LogP contribution in [0.5, 0.6) is 17.2 Å². The van der Waals surface area contributed by atoms with Crippen LogP contribution in [0.4, 0.5) is 0 Å². The van der Waals surface area contributed by atoms with E-state index in [-0.39, 0.29) is 6.79 Å². The van der Waals surface area contributed by atoms with Crippen molar-refractivity contribution in [2.45, 2.75) is 13.3 Å². The number of hydrogen-bond donors (Lipinski definition) is 0. The maximum atomic E-state index is 12.0. The normalized spacial score (nSPS) is 12.1. The van der Waals surface area contributed by atoms with Gasteiger partial charge in [-0.2, -0.15) is 0 Å². The Kier molecular flexibility index (Phi) is 5.56. The lowest BCUT2D eigenvalue weighted by Crippen LogP contribution is -2.07. The van der Waals surface area contributed by atoms with Gasteiger partial charge in [-0.1, -0.05) is 29.3 Å². The summed E-state index contributed by atoms with van der Waals surface area (Å²) in [5, 5.41) is 1.17. The molecule has 0 radical (unpaired) electrons. The molecule has 1 heterocycles. The molecule has 0 amide bonds. The second-order valence-corrected chi connectivity index (χ2v) is 6.11. The lowest BCUT2D eigenvalue weighted by Gasteiger charge is -2.11. The number of esters is 1. The van der Waals surface area contributed by atoms with E-state index in [1.54, 1.807) is 31.2 Å². The molecule has 2 aromatic rings. The van der Waals surface area contributed by atoms with Gasteiger partial charge in [-0.25, -0.2) is 4.79 Å². The predicted molar refractivity (Wildman–Crippen MR) is 94.2 cm³/mol. The summed E-state index contributed by atoms with van der Waals surface area (Å²) in [6.07, 6.45) is 0.579. The average molecular weight is 383 g/mol. The summed E-state index contributed by atoms with van der Waals surface area (Å²) in [5.74, 6) is 0.940. The maximum Gasteiger partial charge on any atom is 0.338 e. The fourth-order valence-electron chi connectivity index (χ4n) is 2.41. The monoisotopic (exact) mass is 382 g/mol. The van der Waals surface area contributed by atoms with Gasteiger partial charge in [-0.3, -0.25) is 0 Å². The molecule has 132 valence electrons. The van der Waals surface area contributed by atoms with Gasteiger partial charge < -0.3 is 18.9 Å². The third-order valence-electron chi connectivity index (χ3n) is 3.59. The number of fused-ring (bicyclic) bond motifs is 1. The molecule has 0 saturated carbocycles. The number of hydrogen-bond acceptors (Lipinski definition) is 5. The Labute approximate surface area is 155 Å². The van der Waals surface area contributed by atoms with E-state index in [1.807, 2.05) is 6.07 Å². The quantitative estimate of drug-likeness (QED) is 0.687. The number of carbonyl (C=O) groups excluding carboxylic acids is 1. The second kappa shape index (κ2) is 7.85. The van der Waals surface area contributed by atoms with Crippen molar-refractivity contribution in [2.75, 3.05) is 20.0 Å². The van der Waals surface area contributed by atoms with E-state index in [0.717, 1.165) is 5.56 Å². The van der Waals surface area contributed by atoms with Gasteiger partial charge in [-0.05, 0) is 36.8 Å². The van der Waals surface area contributed by atoms with Crippen molar-refractivity contribution < 1.29 is 23.7 Å². The molecule has 1 aliphatic rings. The van der Waals surface area contributed by atoms with Gasteiger partial charge in [-0.15, -0.1) is 0 Å². The molecule has 3 rings (SSSR count). The average Bonchev–Trinajstić information content (AvgIpc) is 3.05. The Bertz CT molecular complexity index is 791. The van der Waals surface area contributed by atoms with E-state index in [4.69, 9.17) is 42.1 Å². The molecule has 0 spiro atoms. The molecular weight excluding hydrogens is 367 g/mol. The fourth-order valence-corrected chi connectivity index (χ4v) is 2.92. The highest BCUT2D eigenvalue weighted by Crippen LogP contribution is 2.42. The molecule has 0 aromatic heterocycles. The summed E-state index contributed by atoms with van der Waals surface area (Å²) < 4.78 is 21.6. The first-order chi connectivity index (χ1) is 12.1. The van der Waals surface area contributed by atoms with Gasteiger partial charge in [0, 0.05) is 16.5 Å². The van der Waals surface area contributed by atoms with Gasteiger partial charge in [0.05, 0.1) is 18.8 Å². The highest BCUT2D eigenvalue weighted by Gasteiger charge is 2.23. The van der Waals surface area contributed by atoms with Crippen LogP contribution in [0.2, 0.25) is 10.0 Å². The van der Waals surface area contributed by atoms with E-state index in [1.165, 1.54) is 0 Å². The van der Waals surface area contributed by atoms with Crippen LogP contribution in [-0.2, 0) is 11.2 Å². The molecule has 7 heteroatoms. The number of ether oxygens (including phenoxy) is 4. The van der Waals surface area contributed by atoms with Crippen LogP contribution in [0, 0.1) is 0 Å². The first-order valence-electron chi connectivity index (χ1n) is 7.76. The van der Waals surface area contributed by atoms with Crippen molar-refractivity contribution in [2.24, 2.45) is 0 Å². The number of rotatable bonds is 6. The molecule has 5 nitrogen and oxygen atoms in total. The Morgan fingerprint density at radius 2 is 2.04 bits per heavy atom. The zero-order chi connectivity index (χ0) is 17.8. The lowest BCUT2D eigenvalue weighted by atomic mass is 10.1. The van der Waals surface area contributed by atoms with Crippen molar-refractivity contribution >= 4 is 29.2 Å². The Morgan fingerprint density at radius 3 is 2.80 bits per heavy atom. The van der Waals surface area contributed by atoms with E-state index in [0.29, 0.717) is 52.5 Å².